The molecule has 1 spiro atoms. The second-order valence-corrected chi connectivity index (χ2v) is 13.8. The quantitative estimate of drug-likeness (QED) is 0.268. The molecule has 2 aliphatic rings. The third-order valence-corrected chi connectivity index (χ3v) is 9.63. The topological polar surface area (TPSA) is 20.2 Å². The Morgan fingerprint density at radius 3 is 2.14 bits per heavy atom. The Labute approximate surface area is 224 Å². The van der Waals surface area contributed by atoms with Gasteiger partial charge in [0.25, 0.3) is 0 Å². The van der Waals surface area contributed by atoms with Crippen LogP contribution in [0.1, 0.15) is 63.6 Å². The fraction of sp³-hybridized carbons (Fsp3) is 0.333. The van der Waals surface area contributed by atoms with Gasteiger partial charge >= 0.3 is 0 Å². The Hall–Kier alpha value is -2.36. The van der Waals surface area contributed by atoms with E-state index < -0.39 is 0 Å². The highest BCUT2D eigenvalue weighted by atomic mass is 32.2. The fourth-order valence-electron chi connectivity index (χ4n) is 7.74. The molecule has 0 aromatic heterocycles. The van der Waals surface area contributed by atoms with E-state index in [2.05, 4.69) is 94.4 Å². The molecule has 0 saturated heterocycles. The van der Waals surface area contributed by atoms with Crippen LogP contribution >= 0.6 is 24.4 Å². The molecule has 0 aliphatic heterocycles. The van der Waals surface area contributed by atoms with E-state index in [0.29, 0.717) is 11.5 Å². The van der Waals surface area contributed by atoms with Gasteiger partial charge in [-0.1, -0.05) is 81.9 Å². The molecule has 1 N–H and O–H groups in total. The van der Waals surface area contributed by atoms with Crippen molar-refractivity contribution < 1.29 is 5.11 Å². The Morgan fingerprint density at radius 1 is 0.778 bits per heavy atom. The third kappa shape index (κ3) is 3.78. The molecule has 6 rings (SSSR count). The van der Waals surface area contributed by atoms with Crippen LogP contribution in [0.25, 0.3) is 21.9 Å². The normalized spacial score (nSPS) is 18.8. The molecule has 1 fully saturated rings. The van der Waals surface area contributed by atoms with E-state index in [9.17, 15) is 5.11 Å². The number of thiol groups is 1. The first-order valence-corrected chi connectivity index (χ1v) is 14.3. The summed E-state index contributed by atoms with van der Waals surface area (Å²) in [7, 11) is 0. The lowest BCUT2D eigenvalue weighted by atomic mass is 9.52. The molecule has 1 nitrogen and oxygen atoms in total. The number of benzene rings is 4. The van der Waals surface area contributed by atoms with Crippen molar-refractivity contribution in [3.8, 4) is 16.9 Å². The van der Waals surface area contributed by atoms with E-state index in [1.165, 1.54) is 39.1 Å². The highest BCUT2D eigenvalue weighted by molar-refractivity contribution is 7.99. The Balaban J connectivity index is 1.63. The van der Waals surface area contributed by atoms with Crippen molar-refractivity contribution >= 4 is 35.2 Å². The van der Waals surface area contributed by atoms with Crippen LogP contribution in [0.3, 0.4) is 0 Å². The van der Waals surface area contributed by atoms with Gasteiger partial charge < -0.3 is 5.11 Å². The van der Waals surface area contributed by atoms with Crippen LogP contribution in [0, 0.1) is 10.8 Å². The maximum atomic E-state index is 11.5. The zero-order valence-electron chi connectivity index (χ0n) is 21.6. The number of rotatable bonds is 3. The SMILES string of the molecule is CC1(C)CC(C)(C)CC2(C1)c1ccccc1-c1c2cc(O)c2cc(Sc3ccccc3)c(CS)cc12. The lowest BCUT2D eigenvalue weighted by molar-refractivity contribution is 0.0645. The van der Waals surface area contributed by atoms with Crippen LogP contribution in [-0.2, 0) is 11.2 Å². The van der Waals surface area contributed by atoms with Crippen LogP contribution in [-0.4, -0.2) is 5.11 Å². The number of phenols is 1. The zero-order valence-corrected chi connectivity index (χ0v) is 23.3. The molecular weight excluding hydrogens is 476 g/mol. The molecule has 4 aromatic rings. The van der Waals surface area contributed by atoms with E-state index in [1.54, 1.807) is 11.8 Å². The minimum absolute atomic E-state index is 0.0819. The number of hydrogen-bond acceptors (Lipinski definition) is 3. The van der Waals surface area contributed by atoms with Crippen LogP contribution in [0.15, 0.2) is 82.6 Å². The number of phenolic OH excluding ortho intramolecular Hbond substituents is 1. The van der Waals surface area contributed by atoms with Crippen LogP contribution in [0.5, 0.6) is 5.75 Å². The van der Waals surface area contributed by atoms with Crippen molar-refractivity contribution in [2.24, 2.45) is 10.8 Å². The molecule has 3 heteroatoms. The van der Waals surface area contributed by atoms with E-state index >= 15 is 0 Å². The molecule has 0 radical (unpaired) electrons. The van der Waals surface area contributed by atoms with Gasteiger partial charge in [0.15, 0.2) is 0 Å². The van der Waals surface area contributed by atoms with Gasteiger partial charge in [0.05, 0.1) is 0 Å². The minimum atomic E-state index is -0.0819. The van der Waals surface area contributed by atoms with Crippen molar-refractivity contribution in [3.05, 3.63) is 89.5 Å². The molecule has 184 valence electrons. The molecule has 2 aliphatic carbocycles. The summed E-state index contributed by atoms with van der Waals surface area (Å²) in [5, 5.41) is 13.6. The summed E-state index contributed by atoms with van der Waals surface area (Å²) in [6, 6.07) is 26.0. The smallest absolute Gasteiger partial charge is 0.123 e. The van der Waals surface area contributed by atoms with E-state index in [-0.39, 0.29) is 16.2 Å². The van der Waals surface area contributed by atoms with Crippen LogP contribution in [0.2, 0.25) is 0 Å². The second kappa shape index (κ2) is 8.33. The molecular formula is C33H34OS2. The summed E-state index contributed by atoms with van der Waals surface area (Å²) in [5.41, 5.74) is 6.94. The monoisotopic (exact) mass is 510 g/mol. The summed E-state index contributed by atoms with van der Waals surface area (Å²) in [4.78, 5) is 2.34. The van der Waals surface area contributed by atoms with Gasteiger partial charge in [0.2, 0.25) is 0 Å². The van der Waals surface area contributed by atoms with E-state index in [0.717, 1.165) is 28.5 Å². The molecule has 1 saturated carbocycles. The largest absolute Gasteiger partial charge is 0.507 e. The third-order valence-electron chi connectivity index (χ3n) is 8.18. The summed E-state index contributed by atoms with van der Waals surface area (Å²) >= 11 is 6.47. The number of fused-ring (bicyclic) bond motifs is 7. The number of hydrogen-bond donors (Lipinski definition) is 2. The maximum absolute atomic E-state index is 11.5. The lowest BCUT2D eigenvalue weighted by Gasteiger charge is -2.51. The van der Waals surface area contributed by atoms with Gasteiger partial charge in [0.1, 0.15) is 5.75 Å². The average molecular weight is 511 g/mol. The fourth-order valence-corrected chi connectivity index (χ4v) is 9.09. The van der Waals surface area contributed by atoms with Gasteiger partial charge in [-0.15, -0.1) is 0 Å². The Kier molecular flexibility index (Phi) is 5.55. The maximum Gasteiger partial charge on any atom is 0.123 e. The van der Waals surface area contributed by atoms with Gasteiger partial charge in [-0.05, 0) is 93.6 Å². The molecule has 4 aromatic carbocycles. The van der Waals surface area contributed by atoms with Gasteiger partial charge in [-0.25, -0.2) is 0 Å². The summed E-state index contributed by atoms with van der Waals surface area (Å²) in [5.74, 6) is 1.04. The first kappa shape index (κ1) is 24.0. The highest BCUT2D eigenvalue weighted by Crippen LogP contribution is 2.64. The molecule has 0 amide bonds. The standard InChI is InChI=1S/C33H34OS2/c1-31(2)18-32(3,4)20-33(19-31)26-13-9-8-12-23(26)30-25-14-21(17-35)29(36-22-10-6-5-7-11-22)15-24(25)28(34)16-27(30)33/h5-16,34-35H,17-20H2,1-4H3. The average Bonchev–Trinajstić information content (AvgIpc) is 3.06. The summed E-state index contributed by atoms with van der Waals surface area (Å²) in [6.45, 7) is 9.68. The molecule has 0 unspecified atom stereocenters. The van der Waals surface area contributed by atoms with Gasteiger partial charge in [-0.3, -0.25) is 0 Å². The zero-order chi connectivity index (χ0) is 25.3. The molecule has 0 bridgehead atoms. The summed E-state index contributed by atoms with van der Waals surface area (Å²) < 4.78 is 0. The van der Waals surface area contributed by atoms with Crippen LogP contribution < -0.4 is 0 Å². The van der Waals surface area contributed by atoms with E-state index in [4.69, 9.17) is 12.6 Å². The Morgan fingerprint density at radius 2 is 1.44 bits per heavy atom. The van der Waals surface area contributed by atoms with E-state index in [1.807, 2.05) is 6.07 Å². The van der Waals surface area contributed by atoms with Crippen molar-refractivity contribution in [1.29, 1.82) is 0 Å². The first-order valence-electron chi connectivity index (χ1n) is 12.9. The van der Waals surface area contributed by atoms with Gasteiger partial charge in [0, 0.05) is 26.3 Å². The Bertz CT molecular complexity index is 1470. The second-order valence-electron chi connectivity index (χ2n) is 12.4. The number of aromatic hydroxyl groups is 1. The van der Waals surface area contributed by atoms with Gasteiger partial charge in [-0.2, -0.15) is 12.6 Å². The molecule has 0 atom stereocenters. The van der Waals surface area contributed by atoms with Crippen LogP contribution in [0.4, 0.5) is 0 Å². The molecule has 36 heavy (non-hydrogen) atoms. The van der Waals surface area contributed by atoms with Crippen molar-refractivity contribution in [2.45, 2.75) is 67.9 Å². The predicted molar refractivity (Wildman–Crippen MR) is 156 cm³/mol. The first-order chi connectivity index (χ1) is 17.1. The minimum Gasteiger partial charge on any atom is -0.507 e. The lowest BCUT2D eigenvalue weighted by Crippen LogP contribution is -2.43. The highest BCUT2D eigenvalue weighted by Gasteiger charge is 2.53. The van der Waals surface area contributed by atoms with Crippen molar-refractivity contribution in [1.82, 2.24) is 0 Å². The van der Waals surface area contributed by atoms with Crippen molar-refractivity contribution in [2.75, 3.05) is 0 Å². The predicted octanol–water partition coefficient (Wildman–Crippen LogP) is 9.63. The summed E-state index contributed by atoms with van der Waals surface area (Å²) in [6.07, 6.45) is 3.40. The molecule has 0 heterocycles. The van der Waals surface area contributed by atoms with Crippen molar-refractivity contribution in [3.63, 3.8) is 0 Å².